The Morgan fingerprint density at radius 2 is 0.533 bits per heavy atom. The molecule has 0 saturated heterocycles. The van der Waals surface area contributed by atoms with Crippen molar-refractivity contribution < 1.29 is 80.2 Å². The number of ether oxygens (including phenoxy) is 4. The quantitative estimate of drug-likeness (QED) is 0.0222. The van der Waals surface area contributed by atoms with Crippen LogP contribution in [-0.2, 0) is 65.4 Å². The van der Waals surface area contributed by atoms with Gasteiger partial charge in [-0.3, -0.25) is 37.3 Å². The van der Waals surface area contributed by atoms with Gasteiger partial charge in [0.15, 0.2) is 12.2 Å². The second-order valence-electron chi connectivity index (χ2n) is 27.3. The molecule has 3 N–H and O–H groups in total. The zero-order chi connectivity index (χ0) is 66.8. The van der Waals surface area contributed by atoms with Gasteiger partial charge in [-0.2, -0.15) is 0 Å². The molecule has 0 aromatic carbocycles. The van der Waals surface area contributed by atoms with Gasteiger partial charge in [-0.25, -0.2) is 9.13 Å². The van der Waals surface area contributed by atoms with Crippen LogP contribution < -0.4 is 0 Å². The topological polar surface area (TPSA) is 237 Å². The van der Waals surface area contributed by atoms with Crippen molar-refractivity contribution in [3.8, 4) is 0 Å². The molecule has 0 aromatic rings. The van der Waals surface area contributed by atoms with Gasteiger partial charge < -0.3 is 33.8 Å². The second-order valence-corrected chi connectivity index (χ2v) is 30.2. The van der Waals surface area contributed by atoms with Gasteiger partial charge in [0.2, 0.25) is 0 Å². The molecule has 90 heavy (non-hydrogen) atoms. The first-order valence-corrected chi connectivity index (χ1v) is 39.7. The van der Waals surface area contributed by atoms with Crippen molar-refractivity contribution in [1.82, 2.24) is 0 Å². The number of phosphoric acid groups is 2. The van der Waals surface area contributed by atoms with Gasteiger partial charge in [-0.1, -0.05) is 299 Å². The van der Waals surface area contributed by atoms with Crippen molar-refractivity contribution in [3.05, 3.63) is 0 Å². The summed E-state index contributed by atoms with van der Waals surface area (Å²) in [6, 6.07) is 0. The summed E-state index contributed by atoms with van der Waals surface area (Å²) in [6.45, 7) is 14.1. The van der Waals surface area contributed by atoms with Gasteiger partial charge in [0.25, 0.3) is 0 Å². The van der Waals surface area contributed by atoms with E-state index >= 15 is 0 Å². The van der Waals surface area contributed by atoms with E-state index in [2.05, 4.69) is 55.4 Å². The molecule has 0 aromatic heterocycles. The van der Waals surface area contributed by atoms with E-state index in [-0.39, 0.29) is 25.7 Å². The summed E-state index contributed by atoms with van der Waals surface area (Å²) in [5.74, 6) is 0.885. The van der Waals surface area contributed by atoms with Crippen molar-refractivity contribution >= 4 is 39.5 Å². The van der Waals surface area contributed by atoms with E-state index in [1.54, 1.807) is 0 Å². The minimum Gasteiger partial charge on any atom is -0.462 e. The molecule has 4 unspecified atom stereocenters. The fourth-order valence-electron chi connectivity index (χ4n) is 10.6. The average Bonchev–Trinajstić information content (AvgIpc) is 2.91. The summed E-state index contributed by atoms with van der Waals surface area (Å²) in [4.78, 5) is 72.6. The van der Waals surface area contributed by atoms with Crippen LogP contribution in [0.15, 0.2) is 0 Å². The lowest BCUT2D eigenvalue weighted by Crippen LogP contribution is -2.30. The largest absolute Gasteiger partial charge is 0.472 e. The molecule has 0 aliphatic carbocycles. The number of phosphoric ester groups is 2. The van der Waals surface area contributed by atoms with Gasteiger partial charge >= 0.3 is 39.5 Å². The number of carbonyl (C=O) groups excluding carboxylic acids is 4. The van der Waals surface area contributed by atoms with Crippen molar-refractivity contribution in [1.29, 1.82) is 0 Å². The molecule has 0 rings (SSSR count). The van der Waals surface area contributed by atoms with Gasteiger partial charge in [-0.05, 0) is 49.4 Å². The smallest absolute Gasteiger partial charge is 0.462 e. The van der Waals surface area contributed by atoms with Crippen LogP contribution in [0.4, 0.5) is 0 Å². The van der Waals surface area contributed by atoms with Crippen molar-refractivity contribution in [3.63, 3.8) is 0 Å². The number of aliphatic hydroxyl groups is 1. The highest BCUT2D eigenvalue weighted by molar-refractivity contribution is 7.47. The molecule has 0 aliphatic heterocycles. The second kappa shape index (κ2) is 60.7. The van der Waals surface area contributed by atoms with Crippen LogP contribution in [0.5, 0.6) is 0 Å². The molecule has 0 amide bonds. The predicted octanol–water partition coefficient (Wildman–Crippen LogP) is 20.1. The highest BCUT2D eigenvalue weighted by Crippen LogP contribution is 2.45. The molecule has 6 atom stereocenters. The van der Waals surface area contributed by atoms with E-state index in [0.717, 1.165) is 114 Å². The van der Waals surface area contributed by atoms with Crippen LogP contribution in [0.25, 0.3) is 0 Å². The molecule has 17 nitrogen and oxygen atoms in total. The number of unbranched alkanes of at least 4 members (excludes halogenated alkanes) is 33. The molecule has 0 heterocycles. The Morgan fingerprint density at radius 3 is 0.789 bits per heavy atom. The van der Waals surface area contributed by atoms with E-state index in [0.29, 0.717) is 31.6 Å². The maximum Gasteiger partial charge on any atom is 0.472 e. The van der Waals surface area contributed by atoms with Crippen molar-refractivity contribution in [2.24, 2.45) is 23.7 Å². The molecular weight excluding hydrogens is 1190 g/mol. The third-order valence-corrected chi connectivity index (χ3v) is 18.6. The molecule has 0 aliphatic rings. The van der Waals surface area contributed by atoms with Crippen LogP contribution in [0.3, 0.4) is 0 Å². The SMILES string of the molecule is CCC(C)CCCCCCCCCCC(=O)OC[C@H](COP(=O)(O)OCC(O)COP(=O)(O)OC[C@@H](COC(=O)CCCCCCCCCC(C)C)OC(=O)CCCCCCCCCCCCCC(C)C)OC(=O)CCCCCCCCCCCCCC(C)C. The molecule has 0 radical (unpaired) electrons. The lowest BCUT2D eigenvalue weighted by molar-refractivity contribution is -0.161. The first-order valence-electron chi connectivity index (χ1n) is 36.7. The Morgan fingerprint density at radius 1 is 0.311 bits per heavy atom. The fraction of sp³-hybridized carbons (Fsp3) is 0.944. The van der Waals surface area contributed by atoms with Gasteiger partial charge in [0.05, 0.1) is 26.4 Å². The van der Waals surface area contributed by atoms with Gasteiger partial charge in [-0.15, -0.1) is 0 Å². The Hall–Kier alpha value is -1.94. The van der Waals surface area contributed by atoms with Crippen LogP contribution in [0, 0.1) is 23.7 Å². The van der Waals surface area contributed by atoms with E-state index in [9.17, 15) is 43.2 Å². The summed E-state index contributed by atoms with van der Waals surface area (Å²) in [5, 5.41) is 10.6. The minimum absolute atomic E-state index is 0.105. The maximum atomic E-state index is 13.0. The first-order chi connectivity index (χ1) is 43.1. The minimum atomic E-state index is -4.95. The zero-order valence-corrected chi connectivity index (χ0v) is 60.6. The predicted molar refractivity (Wildman–Crippen MR) is 363 cm³/mol. The number of hydrogen-bond acceptors (Lipinski definition) is 15. The number of hydrogen-bond donors (Lipinski definition) is 3. The third kappa shape index (κ3) is 63.5. The number of rotatable bonds is 68. The highest BCUT2D eigenvalue weighted by atomic mass is 31.2. The molecule has 534 valence electrons. The van der Waals surface area contributed by atoms with Gasteiger partial charge in [0.1, 0.15) is 19.3 Å². The number of esters is 4. The Balaban J connectivity index is 5.27. The Kier molecular flexibility index (Phi) is 59.4. The van der Waals surface area contributed by atoms with Crippen molar-refractivity contribution in [2.45, 2.75) is 369 Å². The maximum absolute atomic E-state index is 13.0. The van der Waals surface area contributed by atoms with E-state index in [4.69, 9.17) is 37.0 Å². The number of aliphatic hydroxyl groups excluding tert-OH is 1. The van der Waals surface area contributed by atoms with Gasteiger partial charge in [0, 0.05) is 25.7 Å². The van der Waals surface area contributed by atoms with Crippen molar-refractivity contribution in [2.75, 3.05) is 39.6 Å². The van der Waals surface area contributed by atoms with E-state index < -0.39 is 97.5 Å². The lowest BCUT2D eigenvalue weighted by atomic mass is 9.99. The normalized spacial score (nSPS) is 14.6. The molecule has 0 fully saturated rings. The van der Waals surface area contributed by atoms with E-state index in [1.807, 2.05) is 0 Å². The molecule has 0 bridgehead atoms. The zero-order valence-electron chi connectivity index (χ0n) is 58.8. The summed E-state index contributed by atoms with van der Waals surface area (Å²) < 4.78 is 68.3. The van der Waals surface area contributed by atoms with Crippen LogP contribution in [-0.4, -0.2) is 96.7 Å². The number of carbonyl (C=O) groups is 4. The summed E-state index contributed by atoms with van der Waals surface area (Å²) in [5.41, 5.74) is 0. The Labute approximate surface area is 549 Å². The fourth-order valence-corrected chi connectivity index (χ4v) is 12.2. The summed E-state index contributed by atoms with van der Waals surface area (Å²) in [6.07, 6.45) is 43.0. The highest BCUT2D eigenvalue weighted by Gasteiger charge is 2.30. The summed E-state index contributed by atoms with van der Waals surface area (Å²) in [7, 11) is -9.90. The average molecular weight is 1330 g/mol. The standard InChI is InChI=1S/C71H138O17P2/c1-9-64(8)50-42-34-26-20-21-27-35-43-51-68(73)81-57-66(87-70(75)53-45-37-28-18-14-10-12-16-23-31-39-47-61(2)3)59-85-89(77,78)83-55-65(72)56-84-90(79,80)86-60-67(58-82-69(74)52-44-36-30-22-25-33-41-49-63(6)7)88-71(76)54-46-38-29-19-15-11-13-17-24-32-40-48-62(4)5/h61-67,72H,9-60H2,1-8H3,(H,77,78)(H,79,80)/t64?,65?,66-,67-/m1/s1. The molecular formula is C71H138O17P2. The third-order valence-electron chi connectivity index (χ3n) is 16.7. The van der Waals surface area contributed by atoms with Crippen LogP contribution in [0.1, 0.15) is 351 Å². The molecule has 0 saturated carbocycles. The van der Waals surface area contributed by atoms with E-state index in [1.165, 1.54) is 148 Å². The Bertz CT molecular complexity index is 1780. The van der Waals surface area contributed by atoms with Crippen LogP contribution in [0.2, 0.25) is 0 Å². The monoisotopic (exact) mass is 1320 g/mol. The van der Waals surface area contributed by atoms with Crippen LogP contribution >= 0.6 is 15.6 Å². The molecule has 0 spiro atoms. The molecule has 19 heteroatoms. The summed E-state index contributed by atoms with van der Waals surface area (Å²) >= 11 is 0. The first kappa shape index (κ1) is 88.1. The lowest BCUT2D eigenvalue weighted by Gasteiger charge is -2.21.